The van der Waals surface area contributed by atoms with Gasteiger partial charge in [-0.1, -0.05) is 194 Å². The lowest BCUT2D eigenvalue weighted by atomic mass is 9.91. The summed E-state index contributed by atoms with van der Waals surface area (Å²) < 4.78 is 53.0. The molecule has 0 amide bonds. The molecule has 101 heavy (non-hydrogen) atoms. The third-order valence-corrected chi connectivity index (χ3v) is 16.4. The molecule has 0 atom stereocenters. The molecule has 0 unspecified atom stereocenters. The van der Waals surface area contributed by atoms with Crippen molar-refractivity contribution in [2.45, 2.75) is 0 Å². The minimum Gasteiger partial charge on any atom is -0.496 e. The van der Waals surface area contributed by atoms with Gasteiger partial charge in [-0.3, -0.25) is 0 Å². The number of hydrogen-bond donors (Lipinski definition) is 0. The zero-order valence-electron chi connectivity index (χ0n) is 56.4. The Morgan fingerprint density at radius 3 is 0.624 bits per heavy atom. The molecule has 0 aliphatic heterocycles. The van der Waals surface area contributed by atoms with E-state index in [2.05, 4.69) is 23.5 Å². The van der Waals surface area contributed by atoms with E-state index in [0.29, 0.717) is 46.0 Å². The van der Waals surface area contributed by atoms with Crippen LogP contribution in [0, 0.1) is 5.41 Å². The molecule has 12 heteroatoms. The Kier molecular flexibility index (Phi) is 22.9. The maximum atomic E-state index is 7.06. The first-order chi connectivity index (χ1) is 49.8. The molecule has 0 heterocycles. The Bertz CT molecular complexity index is 4370. The van der Waals surface area contributed by atoms with Crippen LogP contribution in [0.5, 0.6) is 46.0 Å². The molecule has 0 aromatic heterocycles. The predicted octanol–water partition coefficient (Wildman–Crippen LogP) is 20.1. The lowest BCUT2D eigenvalue weighted by molar-refractivity contribution is -0.00367. The average molecular weight is 1330 g/mol. The molecule has 0 aliphatic carbocycles. The molecule has 0 radical (unpaired) electrons. The van der Waals surface area contributed by atoms with Crippen molar-refractivity contribution < 1.29 is 37.9 Å². The molecule has 496 valence electrons. The van der Waals surface area contributed by atoms with Crippen molar-refractivity contribution in [3.05, 3.63) is 360 Å². The van der Waals surface area contributed by atoms with Crippen molar-refractivity contribution in [1.82, 2.24) is 0 Å². The summed E-state index contributed by atoms with van der Waals surface area (Å²) in [6.45, 7) is -0.0693. The maximum Gasteiger partial charge on any atom is 0.131 e. The van der Waals surface area contributed by atoms with Crippen molar-refractivity contribution in [3.63, 3.8) is 0 Å². The molecule has 0 bridgehead atoms. The van der Waals surface area contributed by atoms with Crippen LogP contribution in [-0.2, 0) is 0 Å². The van der Waals surface area contributed by atoms with Crippen molar-refractivity contribution in [3.8, 4) is 46.0 Å². The summed E-state index contributed by atoms with van der Waals surface area (Å²) in [6.07, 6.45) is 0. The Balaban J connectivity index is 0.961. The highest BCUT2D eigenvalue weighted by molar-refractivity contribution is 6.04. The van der Waals surface area contributed by atoms with Crippen molar-refractivity contribution >= 4 is 68.5 Å². The molecule has 0 spiro atoms. The van der Waals surface area contributed by atoms with E-state index in [9.17, 15) is 0 Å². The number of hydrogen-bond acceptors (Lipinski definition) is 12. The molecule has 0 saturated heterocycles. The van der Waals surface area contributed by atoms with Gasteiger partial charge in [-0.05, 0) is 143 Å². The fraction of sp³-hybridized carbons (Fsp3) is 0.101. The van der Waals surface area contributed by atoms with Gasteiger partial charge in [0.15, 0.2) is 0 Å². The summed E-state index contributed by atoms with van der Waals surface area (Å²) in [5.74, 6) is 17.5. The van der Waals surface area contributed by atoms with Crippen molar-refractivity contribution in [2.24, 2.45) is 25.4 Å². The molecule has 0 saturated carbocycles. The lowest BCUT2D eigenvalue weighted by Crippen LogP contribution is -2.45. The van der Waals surface area contributed by atoms with Gasteiger partial charge >= 0.3 is 0 Å². The molecule has 0 aliphatic rings. The molecule has 12 nitrogen and oxygen atoms in total. The topological polar surface area (TPSA) is 123 Å². The van der Waals surface area contributed by atoms with Gasteiger partial charge in [0, 0.05) is 46.5 Å². The molecule has 12 aromatic rings. The summed E-state index contributed by atoms with van der Waals surface area (Å²) in [6, 6.07) is 102. The van der Waals surface area contributed by atoms with E-state index >= 15 is 0 Å². The zero-order chi connectivity index (χ0) is 69.3. The Labute approximate surface area is 589 Å². The van der Waals surface area contributed by atoms with Gasteiger partial charge in [-0.15, -0.1) is 0 Å². The van der Waals surface area contributed by atoms with E-state index in [4.69, 9.17) is 57.9 Å². The van der Waals surface area contributed by atoms with Gasteiger partial charge in [-0.2, -0.15) is 0 Å². The fourth-order valence-electron chi connectivity index (χ4n) is 11.1. The van der Waals surface area contributed by atoms with E-state index in [1.165, 1.54) is 0 Å². The van der Waals surface area contributed by atoms with E-state index in [-0.39, 0.29) is 26.4 Å². The molecule has 12 rings (SSSR count). The lowest BCUT2D eigenvalue weighted by Gasteiger charge is -2.33. The largest absolute Gasteiger partial charge is 0.496 e. The summed E-state index contributed by atoms with van der Waals surface area (Å²) in [4.78, 5) is 19.1. The van der Waals surface area contributed by atoms with Crippen LogP contribution in [0.1, 0.15) is 44.5 Å². The number of methoxy groups -OCH3 is 4. The summed E-state index contributed by atoms with van der Waals surface area (Å²) in [5.41, 5.74) is 11.4. The Hall–Kier alpha value is -13.2. The molecule has 12 aromatic carbocycles. The second kappa shape index (κ2) is 34.2. The van der Waals surface area contributed by atoms with Crippen molar-refractivity contribution in [1.29, 1.82) is 0 Å². The van der Waals surface area contributed by atoms with Crippen molar-refractivity contribution in [2.75, 3.05) is 54.9 Å². The van der Waals surface area contributed by atoms with Gasteiger partial charge < -0.3 is 37.9 Å². The number of rotatable bonds is 28. The summed E-state index contributed by atoms with van der Waals surface area (Å²) in [5, 5.41) is 0. The second-order valence-corrected chi connectivity index (χ2v) is 23.3. The number of ether oxygens (including phenoxy) is 8. The predicted molar refractivity (Wildman–Crippen MR) is 406 cm³/mol. The van der Waals surface area contributed by atoms with Gasteiger partial charge in [0.25, 0.3) is 0 Å². The highest BCUT2D eigenvalue weighted by Gasteiger charge is 2.37. The smallest absolute Gasteiger partial charge is 0.131 e. The first kappa shape index (κ1) is 67.8. The van der Waals surface area contributed by atoms with Gasteiger partial charge in [-0.25, -0.2) is 20.0 Å². The minimum atomic E-state index is -1.15. The second-order valence-electron chi connectivity index (χ2n) is 23.3. The van der Waals surface area contributed by atoms with E-state index in [1.54, 1.807) is 28.4 Å². The average Bonchev–Trinajstić information content (AvgIpc) is 0.826. The minimum absolute atomic E-state index is 0.0173. The maximum absolute atomic E-state index is 7.06. The monoisotopic (exact) mass is 1320 g/mol. The standard InChI is InChI=1S/C89H72N4O8/c1-94-85-53-73(45-49-77(85)81(65-29-13-5-14-30-65)57-90-69-37-21-9-22-38-69)98-61-89(62-99-74-46-50-78(86(54-74)95-2)82(66-31-15-6-16-32-66)58-91-70-39-23-10-24-40-70,63-100-75-47-51-79(87(55-75)96-3)83(67-33-17-7-18-34-67)59-92-71-41-25-11-26-42-71)64-101-76-48-52-80(88(56-76)97-4)84(68-35-19-8-20-36-68)60-93-72-43-27-12-28-44-72/h5-56H,61-64H2,1-4H3. The number of nitrogens with zero attached hydrogens (tertiary/aromatic N) is 4. The molecular formula is C89H72N4O8. The SMILES string of the molecule is COc1cc(OCC(COc2ccc(C(=C=Nc3ccccc3)c3ccccc3)c(OC)c2)(COc2ccc(C(=C=Nc3ccccc3)c3ccccc3)c(OC)c2)COc2ccc(C(=C=Nc3ccccc3)c3ccccc3)c(OC)c2)ccc1C(=C=Nc1ccccc1)c1ccccc1. The van der Waals surface area contributed by atoms with Gasteiger partial charge in [0.2, 0.25) is 0 Å². The summed E-state index contributed by atoms with van der Waals surface area (Å²) in [7, 11) is 6.54. The number of benzene rings is 12. The van der Waals surface area contributed by atoms with Gasteiger partial charge in [0.05, 0.1) is 73.5 Å². The van der Waals surface area contributed by atoms with E-state index in [0.717, 1.165) is 89.5 Å². The molecule has 0 fully saturated rings. The quantitative estimate of drug-likeness (QED) is 0.0444. The first-order valence-electron chi connectivity index (χ1n) is 32.9. The molecule has 0 N–H and O–H groups in total. The van der Waals surface area contributed by atoms with E-state index < -0.39 is 5.41 Å². The highest BCUT2D eigenvalue weighted by atomic mass is 16.5. The van der Waals surface area contributed by atoms with Crippen LogP contribution >= 0.6 is 0 Å². The van der Waals surface area contributed by atoms with E-state index in [1.807, 2.05) is 315 Å². The van der Waals surface area contributed by atoms with Crippen LogP contribution in [-0.4, -0.2) is 78.3 Å². The zero-order valence-corrected chi connectivity index (χ0v) is 56.4. The Morgan fingerprint density at radius 1 is 0.248 bits per heavy atom. The van der Waals surface area contributed by atoms with Crippen LogP contribution in [0.25, 0.3) is 22.3 Å². The summed E-state index contributed by atoms with van der Waals surface area (Å²) >= 11 is 0. The van der Waals surface area contributed by atoms with Crippen LogP contribution in [0.2, 0.25) is 0 Å². The third kappa shape index (κ3) is 17.9. The molecular weight excluding hydrogens is 1250 g/mol. The highest BCUT2D eigenvalue weighted by Crippen LogP contribution is 2.40. The first-order valence-corrected chi connectivity index (χ1v) is 32.9. The normalized spacial score (nSPS) is 11.0. The van der Waals surface area contributed by atoms with Crippen LogP contribution in [0.4, 0.5) is 22.7 Å². The number of aliphatic imine (C=N–C) groups is 4. The van der Waals surface area contributed by atoms with Crippen LogP contribution < -0.4 is 37.9 Å². The van der Waals surface area contributed by atoms with Crippen LogP contribution in [0.15, 0.2) is 335 Å². The number of para-hydroxylation sites is 4. The fourth-order valence-corrected chi connectivity index (χ4v) is 11.1. The van der Waals surface area contributed by atoms with Crippen LogP contribution in [0.3, 0.4) is 0 Å². The van der Waals surface area contributed by atoms with Gasteiger partial charge in [0.1, 0.15) is 77.8 Å². The third-order valence-electron chi connectivity index (χ3n) is 16.4. The Morgan fingerprint density at radius 2 is 0.436 bits per heavy atom.